The second kappa shape index (κ2) is 4.90. The highest BCUT2D eigenvalue weighted by Crippen LogP contribution is 2.59. The third kappa shape index (κ3) is 2.09. The molecule has 3 amide bonds. The number of urea groups is 1. The highest BCUT2D eigenvalue weighted by molar-refractivity contribution is 6.04. The maximum absolute atomic E-state index is 12.1. The topological polar surface area (TPSA) is 67.9 Å². The summed E-state index contributed by atoms with van der Waals surface area (Å²) in [5, 5.41) is 2.67. The van der Waals surface area contributed by atoms with E-state index in [1.165, 1.54) is 10.5 Å². The third-order valence-electron chi connectivity index (χ3n) is 6.09. The van der Waals surface area contributed by atoms with Gasteiger partial charge in [-0.3, -0.25) is 9.69 Å². The summed E-state index contributed by atoms with van der Waals surface area (Å²) in [5.74, 6) is 1.79. The lowest BCUT2D eigenvalue weighted by Crippen LogP contribution is -2.52. The van der Waals surface area contributed by atoms with E-state index in [1.54, 1.807) is 6.92 Å². The Morgan fingerprint density at radius 2 is 2.04 bits per heavy atom. The summed E-state index contributed by atoms with van der Waals surface area (Å²) in [6, 6.07) is 3.35. The highest BCUT2D eigenvalue weighted by Gasteiger charge is 2.53. The molecule has 2 saturated carbocycles. The number of rotatable bonds is 3. The number of imide groups is 1. The Balaban J connectivity index is 1.31. The third-order valence-corrected chi connectivity index (χ3v) is 6.09. The summed E-state index contributed by atoms with van der Waals surface area (Å²) in [7, 11) is 0. The van der Waals surface area contributed by atoms with Crippen LogP contribution in [0.25, 0.3) is 0 Å². The van der Waals surface area contributed by atoms with Crippen LogP contribution in [0.2, 0.25) is 0 Å². The lowest BCUT2D eigenvalue weighted by Gasteiger charge is -2.39. The number of carbonyl (C=O) groups is 2. The summed E-state index contributed by atoms with van der Waals surface area (Å²) >= 11 is 0. The van der Waals surface area contributed by atoms with E-state index < -0.39 is 6.04 Å². The molecule has 6 heteroatoms. The smallest absolute Gasteiger partial charge is 0.325 e. The number of hydrogen-bond acceptors (Lipinski definition) is 4. The van der Waals surface area contributed by atoms with Crippen LogP contribution in [0.1, 0.15) is 43.7 Å². The molecule has 1 atom stereocenters. The molecule has 4 aliphatic rings. The van der Waals surface area contributed by atoms with Crippen molar-refractivity contribution < 1.29 is 19.1 Å². The first-order valence-corrected chi connectivity index (χ1v) is 9.06. The van der Waals surface area contributed by atoms with Crippen molar-refractivity contribution in [3.63, 3.8) is 0 Å². The monoisotopic (exact) mass is 342 g/mol. The molecular weight excluding hydrogens is 320 g/mol. The Hall–Kier alpha value is -2.24. The summed E-state index contributed by atoms with van der Waals surface area (Å²) in [4.78, 5) is 25.4. The molecule has 6 nitrogen and oxygen atoms in total. The maximum Gasteiger partial charge on any atom is 0.325 e. The molecule has 0 radical (unpaired) electrons. The van der Waals surface area contributed by atoms with E-state index in [2.05, 4.69) is 12.2 Å². The van der Waals surface area contributed by atoms with E-state index in [1.807, 2.05) is 12.1 Å². The molecule has 5 rings (SSSR count). The minimum Gasteiger partial charge on any atom is -0.492 e. The number of aryl methyl sites for hydroxylation is 1. The molecule has 1 saturated heterocycles. The van der Waals surface area contributed by atoms with Crippen molar-refractivity contribution in [2.45, 2.75) is 63.1 Å². The Morgan fingerprint density at radius 1 is 1.28 bits per heavy atom. The van der Waals surface area contributed by atoms with Crippen LogP contribution in [-0.4, -0.2) is 41.6 Å². The van der Waals surface area contributed by atoms with Gasteiger partial charge in [-0.2, -0.15) is 0 Å². The van der Waals surface area contributed by atoms with E-state index >= 15 is 0 Å². The van der Waals surface area contributed by atoms with Crippen LogP contribution in [0.5, 0.6) is 11.5 Å². The predicted molar refractivity (Wildman–Crippen MR) is 89.9 cm³/mol. The van der Waals surface area contributed by atoms with E-state index in [0.717, 1.165) is 36.5 Å². The van der Waals surface area contributed by atoms with Gasteiger partial charge in [-0.25, -0.2) is 4.79 Å². The van der Waals surface area contributed by atoms with E-state index in [0.29, 0.717) is 12.8 Å². The zero-order valence-corrected chi connectivity index (χ0v) is 14.5. The first-order chi connectivity index (χ1) is 12.0. The van der Waals surface area contributed by atoms with Crippen LogP contribution >= 0.6 is 0 Å². The normalized spacial score (nSPS) is 31.4. The zero-order chi connectivity index (χ0) is 17.3. The maximum atomic E-state index is 12.1. The average molecular weight is 342 g/mol. The summed E-state index contributed by atoms with van der Waals surface area (Å²) < 4.78 is 12.2. The summed E-state index contributed by atoms with van der Waals surface area (Å²) in [6.45, 7) is 4.55. The van der Waals surface area contributed by atoms with E-state index in [-0.39, 0.29) is 29.5 Å². The minimum absolute atomic E-state index is 0.0460. The molecule has 0 aromatic heterocycles. The van der Waals surface area contributed by atoms with Crippen molar-refractivity contribution in [1.82, 2.24) is 10.2 Å². The average Bonchev–Trinajstić information content (AvgIpc) is 3.14. The fraction of sp³-hybridized carbons (Fsp3) is 0.579. The highest BCUT2D eigenvalue weighted by atomic mass is 16.5. The lowest BCUT2D eigenvalue weighted by molar-refractivity contribution is -0.131. The SMILES string of the molecule is Cc1ccc(OC2CC(N3C(=O)N[C@H](C)C3=O)C2)c2c1OCC21CC1. The van der Waals surface area contributed by atoms with Crippen LogP contribution in [-0.2, 0) is 10.2 Å². The van der Waals surface area contributed by atoms with Crippen molar-refractivity contribution >= 4 is 11.9 Å². The van der Waals surface area contributed by atoms with Gasteiger partial charge in [-0.1, -0.05) is 6.07 Å². The van der Waals surface area contributed by atoms with E-state index in [9.17, 15) is 9.59 Å². The number of carbonyl (C=O) groups excluding carboxylic acids is 2. The fourth-order valence-electron chi connectivity index (χ4n) is 4.28. The second-order valence-electron chi connectivity index (χ2n) is 7.90. The molecule has 132 valence electrons. The molecule has 1 aromatic rings. The van der Waals surface area contributed by atoms with Crippen LogP contribution in [0.3, 0.4) is 0 Å². The second-order valence-corrected chi connectivity index (χ2v) is 7.90. The minimum atomic E-state index is -0.417. The molecule has 2 aliphatic carbocycles. The van der Waals surface area contributed by atoms with Gasteiger partial charge in [0.2, 0.25) is 0 Å². The predicted octanol–water partition coefficient (Wildman–Crippen LogP) is 2.27. The van der Waals surface area contributed by atoms with Crippen LogP contribution in [0.4, 0.5) is 4.79 Å². The number of fused-ring (bicyclic) bond motifs is 2. The first kappa shape index (κ1) is 15.0. The van der Waals surface area contributed by atoms with Crippen molar-refractivity contribution in [1.29, 1.82) is 0 Å². The molecule has 1 aromatic carbocycles. The van der Waals surface area contributed by atoms with Gasteiger partial charge in [0.25, 0.3) is 5.91 Å². The Bertz CT molecular complexity index is 780. The first-order valence-electron chi connectivity index (χ1n) is 9.06. The number of hydrogen-bond donors (Lipinski definition) is 1. The van der Waals surface area contributed by atoms with Gasteiger partial charge >= 0.3 is 6.03 Å². The van der Waals surface area contributed by atoms with E-state index in [4.69, 9.17) is 9.47 Å². The largest absolute Gasteiger partial charge is 0.492 e. The Kier molecular flexibility index (Phi) is 2.95. The molecule has 0 bridgehead atoms. The number of nitrogens with zero attached hydrogens (tertiary/aromatic N) is 1. The van der Waals surface area contributed by atoms with Crippen molar-refractivity contribution in [3.8, 4) is 11.5 Å². The lowest BCUT2D eigenvalue weighted by atomic mass is 9.87. The van der Waals surface area contributed by atoms with Crippen molar-refractivity contribution in [2.24, 2.45) is 0 Å². The number of nitrogens with one attached hydrogen (secondary N) is 1. The molecule has 1 spiro atoms. The van der Waals surface area contributed by atoms with Crippen LogP contribution < -0.4 is 14.8 Å². The number of ether oxygens (including phenoxy) is 2. The number of amides is 3. The van der Waals surface area contributed by atoms with Crippen LogP contribution in [0, 0.1) is 6.92 Å². The molecule has 1 N–H and O–H groups in total. The summed E-state index contributed by atoms with van der Waals surface area (Å²) in [6.07, 6.45) is 3.76. The van der Waals surface area contributed by atoms with Gasteiger partial charge in [0, 0.05) is 29.9 Å². The van der Waals surface area contributed by atoms with Gasteiger partial charge in [-0.15, -0.1) is 0 Å². The van der Waals surface area contributed by atoms with Gasteiger partial charge in [-0.05, 0) is 38.3 Å². The summed E-state index contributed by atoms with van der Waals surface area (Å²) in [5.41, 5.74) is 2.56. The van der Waals surface area contributed by atoms with Gasteiger partial charge in [0.1, 0.15) is 23.6 Å². The molecule has 25 heavy (non-hydrogen) atoms. The molecule has 2 heterocycles. The Labute approximate surface area is 146 Å². The standard InChI is InChI=1S/C19H22N2O4/c1-10-3-4-14(15-16(10)24-9-19(15)5-6-19)25-13-7-12(8-13)21-17(22)11(2)20-18(21)23/h3-4,11-13H,5-9H2,1-2H3,(H,20,23)/t11-,12?,13?/m1/s1. The number of benzene rings is 1. The van der Waals surface area contributed by atoms with Gasteiger partial charge in [0.15, 0.2) is 0 Å². The van der Waals surface area contributed by atoms with Crippen molar-refractivity contribution in [2.75, 3.05) is 6.61 Å². The molecule has 2 aliphatic heterocycles. The van der Waals surface area contributed by atoms with Gasteiger partial charge < -0.3 is 14.8 Å². The molecular formula is C19H22N2O4. The quantitative estimate of drug-likeness (QED) is 0.856. The molecule has 3 fully saturated rings. The zero-order valence-electron chi connectivity index (χ0n) is 14.5. The fourth-order valence-corrected chi connectivity index (χ4v) is 4.28. The van der Waals surface area contributed by atoms with Crippen molar-refractivity contribution in [3.05, 3.63) is 23.3 Å². The molecule has 0 unspecified atom stereocenters. The Morgan fingerprint density at radius 3 is 2.68 bits per heavy atom. The van der Waals surface area contributed by atoms with Crippen LogP contribution in [0.15, 0.2) is 12.1 Å². The van der Waals surface area contributed by atoms with Gasteiger partial charge in [0.05, 0.1) is 6.61 Å².